The van der Waals surface area contributed by atoms with E-state index in [0.717, 1.165) is 36.3 Å². The minimum absolute atomic E-state index is 0. The Hall–Kier alpha value is -2.05. The highest BCUT2D eigenvalue weighted by Crippen LogP contribution is 2.37. The van der Waals surface area contributed by atoms with Gasteiger partial charge in [-0.3, -0.25) is 14.6 Å². The van der Waals surface area contributed by atoms with Crippen LogP contribution in [0.4, 0.5) is 26.3 Å². The predicted octanol–water partition coefficient (Wildman–Crippen LogP) is 6.66. The number of alkyl halides is 6. The molecule has 0 radical (unpaired) electrons. The Kier molecular flexibility index (Phi) is 12.4. The van der Waals surface area contributed by atoms with E-state index in [4.69, 9.17) is 4.74 Å². The van der Waals surface area contributed by atoms with Gasteiger partial charge in [-0.05, 0) is 69.0 Å². The summed E-state index contributed by atoms with van der Waals surface area (Å²) in [5.41, 5.74) is -0.595. The van der Waals surface area contributed by atoms with Gasteiger partial charge in [-0.15, -0.1) is 24.8 Å². The first-order chi connectivity index (χ1) is 19.0. The van der Waals surface area contributed by atoms with Crippen LogP contribution in [0.3, 0.4) is 0 Å². The van der Waals surface area contributed by atoms with Gasteiger partial charge >= 0.3 is 12.4 Å². The minimum Gasteiger partial charge on any atom is -0.378 e. The lowest BCUT2D eigenvalue weighted by atomic mass is 9.97. The second kappa shape index (κ2) is 14.4. The van der Waals surface area contributed by atoms with Gasteiger partial charge in [0, 0.05) is 56.4 Å². The second-order valence-corrected chi connectivity index (χ2v) is 11.7. The maximum Gasteiger partial charge on any atom is 0.416 e. The average molecular weight is 659 g/mol. The summed E-state index contributed by atoms with van der Waals surface area (Å²) in [6.07, 6.45) is -9.63. The minimum atomic E-state index is -5.03. The molecule has 0 aliphatic carbocycles. The van der Waals surface area contributed by atoms with E-state index in [9.17, 15) is 31.1 Å². The number of morpholine rings is 1. The molecule has 0 unspecified atom stereocenters. The second-order valence-electron chi connectivity index (χ2n) is 11.7. The predicted molar refractivity (Wildman–Crippen MR) is 158 cm³/mol. The first-order valence-corrected chi connectivity index (χ1v) is 13.8. The van der Waals surface area contributed by atoms with Crippen LogP contribution in [0.1, 0.15) is 52.0 Å². The van der Waals surface area contributed by atoms with E-state index in [0.29, 0.717) is 44.9 Å². The van der Waals surface area contributed by atoms with E-state index in [1.165, 1.54) is 4.90 Å². The Bertz CT molecular complexity index is 1220. The molecule has 0 bridgehead atoms. The zero-order chi connectivity index (χ0) is 30.2. The number of rotatable bonds is 6. The quantitative estimate of drug-likeness (QED) is 0.326. The van der Waals surface area contributed by atoms with Gasteiger partial charge in [-0.1, -0.05) is 18.2 Å². The van der Waals surface area contributed by atoms with Gasteiger partial charge in [0.05, 0.1) is 24.3 Å². The standard InChI is InChI=1S/C30H37F6N3O2.2ClH/c1-20-5-6-22(13-21(20)2)14-26-18-37(7-9-38-11-12-41-19-28(38,3)4)8-10-39(26)27(40)23-15-24(29(31,32)33)17-25(16-23)30(34,35)36;;/h5-6,13,15-17,26H,7-12,14,18-19H2,1-4H3;2*1H/t26-;;/m1../s1. The number of piperazine rings is 1. The highest BCUT2D eigenvalue weighted by Gasteiger charge is 2.39. The van der Waals surface area contributed by atoms with E-state index in [1.807, 2.05) is 32.0 Å². The number of ether oxygens (including phenoxy) is 1. The SMILES string of the molecule is Cc1ccc(C[C@@H]2CN(CCN3CCOCC3(C)C)CCN2C(=O)c2cc(C(F)(F)F)cc(C(F)(F)F)c2)cc1C.Cl.Cl. The van der Waals surface area contributed by atoms with Crippen LogP contribution in [0, 0.1) is 13.8 Å². The molecular weight excluding hydrogens is 619 g/mol. The number of carbonyl (C=O) groups is 1. The summed E-state index contributed by atoms with van der Waals surface area (Å²) in [5.74, 6) is -0.829. The summed E-state index contributed by atoms with van der Waals surface area (Å²) in [6, 6.07) is 6.61. The van der Waals surface area contributed by atoms with Gasteiger partial charge in [0.1, 0.15) is 0 Å². The van der Waals surface area contributed by atoms with Crippen LogP contribution in [0.25, 0.3) is 0 Å². The molecule has 2 aromatic rings. The van der Waals surface area contributed by atoms with Crippen molar-refractivity contribution in [3.8, 4) is 0 Å². The summed E-state index contributed by atoms with van der Waals surface area (Å²) in [5, 5.41) is 0. The zero-order valence-corrected chi connectivity index (χ0v) is 26.3. The molecule has 2 fully saturated rings. The van der Waals surface area contributed by atoms with Crippen molar-refractivity contribution >= 4 is 30.7 Å². The third-order valence-corrected chi connectivity index (χ3v) is 8.21. The molecule has 2 aliphatic heterocycles. The molecule has 13 heteroatoms. The number of halogens is 8. The normalized spacial score (nSPS) is 19.9. The lowest BCUT2D eigenvalue weighted by molar-refractivity contribution is -0.143. The van der Waals surface area contributed by atoms with Crippen LogP contribution in [0.15, 0.2) is 36.4 Å². The van der Waals surface area contributed by atoms with Gasteiger partial charge in [-0.25, -0.2) is 0 Å². The third kappa shape index (κ3) is 9.23. The molecule has 0 saturated carbocycles. The molecule has 2 heterocycles. The van der Waals surface area contributed by atoms with Gasteiger partial charge < -0.3 is 9.64 Å². The average Bonchev–Trinajstić information content (AvgIpc) is 2.88. The molecule has 4 rings (SSSR count). The molecule has 242 valence electrons. The monoisotopic (exact) mass is 657 g/mol. The Morgan fingerprint density at radius 2 is 1.51 bits per heavy atom. The maximum absolute atomic E-state index is 13.6. The van der Waals surface area contributed by atoms with Crippen LogP contribution in [-0.4, -0.2) is 84.7 Å². The van der Waals surface area contributed by atoms with Crippen molar-refractivity contribution in [3.63, 3.8) is 0 Å². The van der Waals surface area contributed by atoms with Crippen molar-refractivity contribution in [2.75, 3.05) is 52.5 Å². The van der Waals surface area contributed by atoms with Gasteiger partial charge in [-0.2, -0.15) is 26.3 Å². The molecule has 1 amide bonds. The van der Waals surface area contributed by atoms with Crippen LogP contribution in [0.2, 0.25) is 0 Å². The first-order valence-electron chi connectivity index (χ1n) is 13.8. The molecular formula is C30H39Cl2F6N3O2. The highest BCUT2D eigenvalue weighted by molar-refractivity contribution is 5.95. The summed E-state index contributed by atoms with van der Waals surface area (Å²) < 4.78 is 86.7. The lowest BCUT2D eigenvalue weighted by Crippen LogP contribution is -2.59. The Balaban J connectivity index is 0.00000323. The highest BCUT2D eigenvalue weighted by atomic mass is 35.5. The van der Waals surface area contributed by atoms with E-state index in [-0.39, 0.29) is 43.0 Å². The van der Waals surface area contributed by atoms with Gasteiger partial charge in [0.2, 0.25) is 0 Å². The molecule has 0 aromatic heterocycles. The smallest absolute Gasteiger partial charge is 0.378 e. The van der Waals surface area contributed by atoms with E-state index >= 15 is 0 Å². The summed E-state index contributed by atoms with van der Waals surface area (Å²) in [4.78, 5) is 19.6. The number of carbonyl (C=O) groups excluding carboxylic acids is 1. The van der Waals surface area contributed by atoms with E-state index < -0.39 is 41.0 Å². The van der Waals surface area contributed by atoms with Crippen molar-refractivity contribution in [1.29, 1.82) is 0 Å². The Morgan fingerprint density at radius 3 is 2.07 bits per heavy atom. The van der Waals surface area contributed by atoms with Crippen molar-refractivity contribution in [2.24, 2.45) is 0 Å². The molecule has 0 N–H and O–H groups in total. The molecule has 1 atom stereocenters. The van der Waals surface area contributed by atoms with Gasteiger partial charge in [0.15, 0.2) is 0 Å². The molecule has 0 spiro atoms. The topological polar surface area (TPSA) is 36.0 Å². The number of amides is 1. The number of aryl methyl sites for hydroxylation is 2. The summed E-state index contributed by atoms with van der Waals surface area (Å²) in [7, 11) is 0. The lowest BCUT2D eigenvalue weighted by Gasteiger charge is -2.45. The van der Waals surface area contributed by atoms with Crippen LogP contribution in [-0.2, 0) is 23.5 Å². The van der Waals surface area contributed by atoms with Crippen LogP contribution < -0.4 is 0 Å². The zero-order valence-electron chi connectivity index (χ0n) is 24.6. The fourth-order valence-corrected chi connectivity index (χ4v) is 5.58. The molecule has 5 nitrogen and oxygen atoms in total. The fraction of sp³-hybridized carbons (Fsp3) is 0.567. The number of nitrogens with zero attached hydrogens (tertiary/aromatic N) is 3. The van der Waals surface area contributed by atoms with Crippen molar-refractivity contribution in [1.82, 2.24) is 14.7 Å². The Labute approximate surface area is 261 Å². The first kappa shape index (κ1) is 37.1. The molecule has 43 heavy (non-hydrogen) atoms. The van der Waals surface area contributed by atoms with E-state index in [2.05, 4.69) is 23.6 Å². The number of hydrogen-bond acceptors (Lipinski definition) is 4. The molecule has 2 saturated heterocycles. The molecule has 2 aromatic carbocycles. The number of hydrogen-bond donors (Lipinski definition) is 0. The summed E-state index contributed by atoms with van der Waals surface area (Å²) >= 11 is 0. The fourth-order valence-electron chi connectivity index (χ4n) is 5.58. The third-order valence-electron chi connectivity index (χ3n) is 8.21. The van der Waals surface area contributed by atoms with Gasteiger partial charge in [0.25, 0.3) is 5.91 Å². The molecule has 2 aliphatic rings. The van der Waals surface area contributed by atoms with E-state index in [1.54, 1.807) is 0 Å². The maximum atomic E-state index is 13.6. The summed E-state index contributed by atoms with van der Waals surface area (Å²) in [6.45, 7) is 12.9. The Morgan fingerprint density at radius 1 is 0.884 bits per heavy atom. The van der Waals surface area contributed by atoms with Crippen molar-refractivity contribution in [3.05, 3.63) is 69.8 Å². The van der Waals surface area contributed by atoms with Crippen molar-refractivity contribution < 1.29 is 35.9 Å². The van der Waals surface area contributed by atoms with Crippen molar-refractivity contribution in [2.45, 2.75) is 58.0 Å². The largest absolute Gasteiger partial charge is 0.416 e. The number of benzene rings is 2. The van der Waals surface area contributed by atoms with Crippen LogP contribution in [0.5, 0.6) is 0 Å². The van der Waals surface area contributed by atoms with Crippen LogP contribution >= 0.6 is 24.8 Å².